The summed E-state index contributed by atoms with van der Waals surface area (Å²) in [5, 5.41) is 3.61. The van der Waals surface area contributed by atoms with E-state index in [0.29, 0.717) is 6.04 Å². The first-order valence-corrected chi connectivity index (χ1v) is 7.27. The van der Waals surface area contributed by atoms with Crippen molar-refractivity contribution < 1.29 is 9.13 Å². The normalized spacial score (nSPS) is 25.9. The Bertz CT molecular complexity index is 450. The highest BCUT2D eigenvalue weighted by Gasteiger charge is 2.42. The molecular weight excluding hydrogens is 241 g/mol. The Labute approximate surface area is 114 Å². The van der Waals surface area contributed by atoms with Crippen LogP contribution in [0.15, 0.2) is 18.2 Å². The van der Waals surface area contributed by atoms with E-state index in [1.165, 1.54) is 24.8 Å². The monoisotopic (exact) mass is 263 g/mol. The van der Waals surface area contributed by atoms with Crippen molar-refractivity contribution in [1.82, 2.24) is 5.32 Å². The topological polar surface area (TPSA) is 21.3 Å². The molecule has 1 aromatic rings. The molecule has 2 saturated heterocycles. The maximum atomic E-state index is 13.4. The number of rotatable bonds is 3. The van der Waals surface area contributed by atoms with Gasteiger partial charge >= 0.3 is 0 Å². The first-order valence-electron chi connectivity index (χ1n) is 7.27. The Balaban J connectivity index is 1.79. The maximum absolute atomic E-state index is 13.4. The number of benzene rings is 1. The van der Waals surface area contributed by atoms with Crippen molar-refractivity contribution in [2.45, 2.75) is 44.1 Å². The van der Waals surface area contributed by atoms with Gasteiger partial charge in [-0.3, -0.25) is 0 Å². The lowest BCUT2D eigenvalue weighted by Crippen LogP contribution is -2.51. The number of piperidine rings is 1. The van der Waals surface area contributed by atoms with Gasteiger partial charge in [-0.05, 0) is 49.9 Å². The zero-order valence-corrected chi connectivity index (χ0v) is 11.5. The van der Waals surface area contributed by atoms with Gasteiger partial charge in [0, 0.05) is 11.5 Å². The zero-order valence-electron chi connectivity index (χ0n) is 11.5. The second kappa shape index (κ2) is 5.22. The van der Waals surface area contributed by atoms with Crippen LogP contribution in [-0.2, 0) is 10.2 Å². The van der Waals surface area contributed by atoms with E-state index in [0.717, 1.165) is 31.7 Å². The van der Waals surface area contributed by atoms with Gasteiger partial charge in [0.05, 0.1) is 13.2 Å². The molecule has 104 valence electrons. The van der Waals surface area contributed by atoms with Crippen molar-refractivity contribution in [3.8, 4) is 0 Å². The van der Waals surface area contributed by atoms with Crippen LogP contribution in [0.2, 0.25) is 0 Å². The summed E-state index contributed by atoms with van der Waals surface area (Å²) >= 11 is 0. The number of nitrogens with one attached hydrogen (secondary N) is 1. The van der Waals surface area contributed by atoms with Crippen LogP contribution >= 0.6 is 0 Å². The highest BCUT2D eigenvalue weighted by atomic mass is 19.1. The Hall–Kier alpha value is -0.930. The van der Waals surface area contributed by atoms with Crippen LogP contribution in [0.3, 0.4) is 0 Å². The molecule has 3 rings (SSSR count). The quantitative estimate of drug-likeness (QED) is 0.905. The second-order valence-electron chi connectivity index (χ2n) is 6.09. The molecule has 19 heavy (non-hydrogen) atoms. The van der Waals surface area contributed by atoms with Crippen LogP contribution in [0.25, 0.3) is 0 Å². The van der Waals surface area contributed by atoms with Gasteiger partial charge in [0.25, 0.3) is 0 Å². The Morgan fingerprint density at radius 2 is 2.21 bits per heavy atom. The summed E-state index contributed by atoms with van der Waals surface area (Å²) in [6.07, 6.45) is 4.96. The van der Waals surface area contributed by atoms with E-state index in [9.17, 15) is 4.39 Å². The third-order valence-corrected chi connectivity index (χ3v) is 4.58. The first-order chi connectivity index (χ1) is 9.20. The van der Waals surface area contributed by atoms with E-state index < -0.39 is 0 Å². The molecule has 2 aliphatic rings. The summed E-state index contributed by atoms with van der Waals surface area (Å²) in [6.45, 7) is 4.52. The predicted molar refractivity (Wildman–Crippen MR) is 73.9 cm³/mol. The number of aryl methyl sites for hydroxylation is 1. The predicted octanol–water partition coefficient (Wildman–Crippen LogP) is 2.93. The fourth-order valence-corrected chi connectivity index (χ4v) is 3.30. The van der Waals surface area contributed by atoms with E-state index in [4.69, 9.17) is 4.74 Å². The van der Waals surface area contributed by atoms with E-state index in [2.05, 4.69) is 5.32 Å². The Kier molecular flexibility index (Phi) is 3.59. The minimum Gasteiger partial charge on any atom is -0.379 e. The molecule has 0 aliphatic carbocycles. The molecule has 2 nitrogen and oxygen atoms in total. The average molecular weight is 263 g/mol. The molecule has 0 amide bonds. The van der Waals surface area contributed by atoms with Gasteiger partial charge in [0.1, 0.15) is 5.82 Å². The van der Waals surface area contributed by atoms with Crippen LogP contribution in [0.5, 0.6) is 0 Å². The second-order valence-corrected chi connectivity index (χ2v) is 6.09. The third kappa shape index (κ3) is 2.54. The molecule has 0 aromatic heterocycles. The summed E-state index contributed by atoms with van der Waals surface area (Å²) in [6, 6.07) is 6.12. The van der Waals surface area contributed by atoms with Gasteiger partial charge < -0.3 is 10.1 Å². The molecule has 1 unspecified atom stereocenters. The minimum absolute atomic E-state index is 0.105. The van der Waals surface area contributed by atoms with E-state index in [1.54, 1.807) is 6.07 Å². The molecule has 2 heterocycles. The van der Waals surface area contributed by atoms with Crippen molar-refractivity contribution in [2.24, 2.45) is 0 Å². The smallest absolute Gasteiger partial charge is 0.126 e. The highest BCUT2D eigenvalue weighted by molar-refractivity contribution is 5.33. The summed E-state index contributed by atoms with van der Waals surface area (Å²) in [5.41, 5.74) is 2.08. The maximum Gasteiger partial charge on any atom is 0.126 e. The molecule has 2 fully saturated rings. The minimum atomic E-state index is -0.116. The number of hydrogen-bond acceptors (Lipinski definition) is 2. The molecule has 1 aromatic carbocycles. The number of ether oxygens (including phenoxy) is 1. The molecule has 2 aliphatic heterocycles. The number of hydrogen-bond donors (Lipinski definition) is 1. The molecule has 1 atom stereocenters. The highest BCUT2D eigenvalue weighted by Crippen LogP contribution is 2.38. The molecule has 3 heteroatoms. The van der Waals surface area contributed by atoms with Crippen molar-refractivity contribution in [2.75, 3.05) is 19.8 Å². The summed E-state index contributed by atoms with van der Waals surface area (Å²) in [7, 11) is 0. The molecule has 1 N–H and O–H groups in total. The first kappa shape index (κ1) is 13.1. The van der Waals surface area contributed by atoms with Gasteiger partial charge in [0.15, 0.2) is 0 Å². The third-order valence-electron chi connectivity index (χ3n) is 4.58. The fraction of sp³-hybridized carbons (Fsp3) is 0.625. The lowest BCUT2D eigenvalue weighted by Gasteiger charge is -2.45. The van der Waals surface area contributed by atoms with E-state index >= 15 is 0 Å². The number of halogens is 1. The van der Waals surface area contributed by atoms with Crippen LogP contribution in [-0.4, -0.2) is 25.8 Å². The van der Waals surface area contributed by atoms with Crippen molar-refractivity contribution in [1.29, 1.82) is 0 Å². The lowest BCUT2D eigenvalue weighted by molar-refractivity contribution is -0.0696. The summed E-state index contributed by atoms with van der Waals surface area (Å²) in [5.74, 6) is -0.116. The van der Waals surface area contributed by atoms with Crippen LogP contribution in [0.1, 0.15) is 36.8 Å². The van der Waals surface area contributed by atoms with Gasteiger partial charge in [-0.1, -0.05) is 18.6 Å². The standard InChI is InChI=1S/C16H22FNO/c1-12-8-13(5-6-15(12)17)16(10-19-11-16)9-14-4-2-3-7-18-14/h5-6,8,14,18H,2-4,7,9-11H2,1H3. The van der Waals surface area contributed by atoms with Gasteiger partial charge in [0.2, 0.25) is 0 Å². The largest absolute Gasteiger partial charge is 0.379 e. The summed E-state index contributed by atoms with van der Waals surface area (Å²) in [4.78, 5) is 0. The zero-order chi connectivity index (χ0) is 13.3. The van der Waals surface area contributed by atoms with Crippen LogP contribution < -0.4 is 5.32 Å². The van der Waals surface area contributed by atoms with Crippen molar-refractivity contribution in [3.63, 3.8) is 0 Å². The van der Waals surface area contributed by atoms with Gasteiger partial charge in [-0.2, -0.15) is 0 Å². The molecule has 0 bridgehead atoms. The van der Waals surface area contributed by atoms with Crippen LogP contribution in [0, 0.1) is 12.7 Å². The van der Waals surface area contributed by atoms with Crippen LogP contribution in [0.4, 0.5) is 4.39 Å². The van der Waals surface area contributed by atoms with Gasteiger partial charge in [-0.25, -0.2) is 4.39 Å². The molecular formula is C16H22FNO. The molecule has 0 radical (unpaired) electrons. The Morgan fingerprint density at radius 3 is 2.79 bits per heavy atom. The van der Waals surface area contributed by atoms with Gasteiger partial charge in [-0.15, -0.1) is 0 Å². The lowest BCUT2D eigenvalue weighted by atomic mass is 9.72. The average Bonchev–Trinajstić information content (AvgIpc) is 2.38. The summed E-state index contributed by atoms with van der Waals surface area (Å²) < 4.78 is 18.9. The molecule has 0 saturated carbocycles. The van der Waals surface area contributed by atoms with E-state index in [-0.39, 0.29) is 11.2 Å². The van der Waals surface area contributed by atoms with Crippen molar-refractivity contribution in [3.05, 3.63) is 35.1 Å². The van der Waals surface area contributed by atoms with E-state index in [1.807, 2.05) is 19.1 Å². The molecule has 0 spiro atoms. The SMILES string of the molecule is Cc1cc(C2(CC3CCCCN3)COC2)ccc1F. The van der Waals surface area contributed by atoms with Crippen molar-refractivity contribution >= 4 is 0 Å². The fourth-order valence-electron chi connectivity index (χ4n) is 3.30. The Morgan fingerprint density at radius 1 is 1.37 bits per heavy atom.